The second-order valence-electron chi connectivity index (χ2n) is 6.56. The molecule has 0 fully saturated rings. The van der Waals surface area contributed by atoms with Crippen LogP contribution in [0.3, 0.4) is 0 Å². The Morgan fingerprint density at radius 2 is 1.59 bits per heavy atom. The number of amides is 1. The molecule has 0 aliphatic heterocycles. The van der Waals surface area contributed by atoms with Gasteiger partial charge >= 0.3 is 0 Å². The van der Waals surface area contributed by atoms with Gasteiger partial charge in [-0.3, -0.25) is 9.10 Å². The molecule has 3 rings (SSSR count). The topological polar surface area (TPSA) is 84.9 Å². The molecule has 0 spiro atoms. The highest BCUT2D eigenvalue weighted by Crippen LogP contribution is 2.32. The summed E-state index contributed by atoms with van der Waals surface area (Å²) < 4.78 is 52.7. The highest BCUT2D eigenvalue weighted by Gasteiger charge is 2.28. The van der Waals surface area contributed by atoms with Crippen molar-refractivity contribution in [3.8, 4) is 11.5 Å². The van der Waals surface area contributed by atoms with Crippen molar-refractivity contribution < 1.29 is 27.1 Å². The summed E-state index contributed by atoms with van der Waals surface area (Å²) in [6.45, 7) is -0.520. The molecule has 3 aromatic carbocycles. The zero-order valence-corrected chi connectivity index (χ0v) is 20.2. The first-order chi connectivity index (χ1) is 15.2. The van der Waals surface area contributed by atoms with Crippen molar-refractivity contribution >= 4 is 49.9 Å². The molecule has 0 atom stereocenters. The average molecular weight is 570 g/mol. The van der Waals surface area contributed by atoms with E-state index in [1.807, 2.05) is 12.1 Å². The summed E-state index contributed by atoms with van der Waals surface area (Å²) in [7, 11) is -1.38. The molecule has 0 unspecified atom stereocenters. The van der Waals surface area contributed by atoms with Crippen LogP contribution in [0.2, 0.25) is 0 Å². The van der Waals surface area contributed by atoms with Crippen molar-refractivity contribution in [3.63, 3.8) is 0 Å². The lowest BCUT2D eigenvalue weighted by molar-refractivity contribution is -0.114. The molecule has 1 amide bonds. The van der Waals surface area contributed by atoms with Crippen LogP contribution in [0.1, 0.15) is 0 Å². The first-order valence-corrected chi connectivity index (χ1v) is 11.8. The molecule has 0 aromatic heterocycles. The van der Waals surface area contributed by atoms with E-state index in [4.69, 9.17) is 9.47 Å². The quantitative estimate of drug-likeness (QED) is 0.409. The molecule has 168 valence electrons. The summed E-state index contributed by atoms with van der Waals surface area (Å²) in [6.07, 6.45) is 0. The number of ether oxygens (including phenoxy) is 2. The van der Waals surface area contributed by atoms with Gasteiger partial charge in [-0.05, 0) is 83.3 Å². The Bertz CT molecular complexity index is 1200. The summed E-state index contributed by atoms with van der Waals surface area (Å²) in [4.78, 5) is 12.6. The number of sulfonamides is 1. The van der Waals surface area contributed by atoms with Crippen LogP contribution in [0.5, 0.6) is 11.5 Å². The minimum Gasteiger partial charge on any atom is -0.493 e. The van der Waals surface area contributed by atoms with Gasteiger partial charge in [0, 0.05) is 15.3 Å². The Morgan fingerprint density at radius 1 is 0.969 bits per heavy atom. The maximum atomic E-state index is 13.5. The van der Waals surface area contributed by atoms with E-state index in [0.717, 1.165) is 20.0 Å². The van der Waals surface area contributed by atoms with Gasteiger partial charge in [-0.25, -0.2) is 12.8 Å². The van der Waals surface area contributed by atoms with E-state index in [1.54, 1.807) is 12.1 Å². The summed E-state index contributed by atoms with van der Waals surface area (Å²) in [6, 6.07) is 16.0. The van der Waals surface area contributed by atoms with E-state index in [2.05, 4.69) is 27.9 Å². The first kappa shape index (κ1) is 23.8. The molecule has 0 saturated carbocycles. The van der Waals surface area contributed by atoms with Crippen molar-refractivity contribution in [2.75, 3.05) is 30.4 Å². The zero-order chi connectivity index (χ0) is 23.3. The summed E-state index contributed by atoms with van der Waals surface area (Å²) in [5.74, 6) is -0.507. The van der Waals surface area contributed by atoms with Crippen molar-refractivity contribution in [1.82, 2.24) is 0 Å². The molecule has 0 aliphatic rings. The molecule has 0 aliphatic carbocycles. The van der Waals surface area contributed by atoms with Crippen LogP contribution in [0.15, 0.2) is 71.6 Å². The number of halogens is 2. The highest BCUT2D eigenvalue weighted by molar-refractivity contribution is 14.1. The van der Waals surface area contributed by atoms with Gasteiger partial charge in [0.25, 0.3) is 10.0 Å². The van der Waals surface area contributed by atoms with Gasteiger partial charge in [-0.2, -0.15) is 0 Å². The fourth-order valence-electron chi connectivity index (χ4n) is 2.89. The molecule has 0 bridgehead atoms. The van der Waals surface area contributed by atoms with Crippen molar-refractivity contribution in [2.24, 2.45) is 0 Å². The number of nitrogens with one attached hydrogen (secondary N) is 1. The van der Waals surface area contributed by atoms with Gasteiger partial charge in [0.2, 0.25) is 5.91 Å². The average Bonchev–Trinajstić information content (AvgIpc) is 2.79. The fourth-order valence-corrected chi connectivity index (χ4v) is 4.69. The van der Waals surface area contributed by atoms with E-state index in [0.29, 0.717) is 11.4 Å². The minimum absolute atomic E-state index is 0.110. The van der Waals surface area contributed by atoms with E-state index in [1.165, 1.54) is 44.6 Å². The first-order valence-electron chi connectivity index (χ1n) is 9.30. The summed E-state index contributed by atoms with van der Waals surface area (Å²) in [5.41, 5.74) is 0.664. The second-order valence-corrected chi connectivity index (χ2v) is 9.67. The lowest BCUT2D eigenvalue weighted by Crippen LogP contribution is -2.38. The molecule has 10 heteroatoms. The molecule has 0 saturated heterocycles. The van der Waals surface area contributed by atoms with Crippen LogP contribution < -0.4 is 19.1 Å². The zero-order valence-electron chi connectivity index (χ0n) is 17.2. The lowest BCUT2D eigenvalue weighted by atomic mass is 10.3. The fraction of sp³-hybridized carbons (Fsp3) is 0.136. The Hall–Kier alpha value is -2.86. The molecular formula is C22H20FIN2O5S. The van der Waals surface area contributed by atoms with Gasteiger partial charge in [0.1, 0.15) is 12.4 Å². The van der Waals surface area contributed by atoms with Crippen LogP contribution in [-0.4, -0.2) is 35.1 Å². The normalized spacial score (nSPS) is 11.0. The van der Waals surface area contributed by atoms with Crippen LogP contribution in [-0.2, 0) is 14.8 Å². The Morgan fingerprint density at radius 3 is 2.19 bits per heavy atom. The number of nitrogens with zero attached hydrogens (tertiary/aromatic N) is 1. The van der Waals surface area contributed by atoms with E-state index >= 15 is 0 Å². The van der Waals surface area contributed by atoms with Crippen LogP contribution in [0.4, 0.5) is 15.8 Å². The Balaban J connectivity index is 1.97. The molecular weight excluding hydrogens is 550 g/mol. The maximum Gasteiger partial charge on any atom is 0.264 e. The molecule has 1 N–H and O–H groups in total. The number of anilines is 2. The van der Waals surface area contributed by atoms with Gasteiger partial charge < -0.3 is 14.8 Å². The molecule has 0 heterocycles. The number of hydrogen-bond acceptors (Lipinski definition) is 5. The number of carbonyl (C=O) groups is 1. The van der Waals surface area contributed by atoms with Gasteiger partial charge in [0.15, 0.2) is 11.5 Å². The third kappa shape index (κ3) is 5.49. The molecule has 32 heavy (non-hydrogen) atoms. The number of carbonyl (C=O) groups excluding carboxylic acids is 1. The largest absolute Gasteiger partial charge is 0.493 e. The van der Waals surface area contributed by atoms with Crippen molar-refractivity contribution in [1.29, 1.82) is 0 Å². The standard InChI is InChI=1S/C22H20FIN2O5S/c1-30-20-12-11-19(13-21(20)31-2)32(28,29)26(18-9-3-15(23)4-10-18)14-22(27)25-17-7-5-16(24)6-8-17/h3-13H,14H2,1-2H3,(H,25,27). The lowest BCUT2D eigenvalue weighted by Gasteiger charge is -2.24. The van der Waals surface area contributed by atoms with E-state index in [-0.39, 0.29) is 16.3 Å². The Labute approximate surface area is 199 Å². The highest BCUT2D eigenvalue weighted by atomic mass is 127. The number of hydrogen-bond donors (Lipinski definition) is 1. The van der Waals surface area contributed by atoms with Crippen LogP contribution >= 0.6 is 22.6 Å². The summed E-state index contributed by atoms with van der Waals surface area (Å²) >= 11 is 2.14. The maximum absolute atomic E-state index is 13.5. The smallest absolute Gasteiger partial charge is 0.264 e. The van der Waals surface area contributed by atoms with E-state index < -0.39 is 28.3 Å². The van der Waals surface area contributed by atoms with Gasteiger partial charge in [-0.15, -0.1) is 0 Å². The summed E-state index contributed by atoms with van der Waals surface area (Å²) in [5, 5.41) is 2.68. The minimum atomic E-state index is -4.21. The second kappa shape index (κ2) is 10.2. The molecule has 3 aromatic rings. The predicted molar refractivity (Wildman–Crippen MR) is 128 cm³/mol. The van der Waals surface area contributed by atoms with Crippen molar-refractivity contribution in [3.05, 3.63) is 76.1 Å². The van der Waals surface area contributed by atoms with Crippen molar-refractivity contribution in [2.45, 2.75) is 4.90 Å². The third-order valence-electron chi connectivity index (χ3n) is 4.47. The Kier molecular flexibility index (Phi) is 7.56. The molecule has 7 nitrogen and oxygen atoms in total. The number of rotatable bonds is 8. The monoisotopic (exact) mass is 570 g/mol. The predicted octanol–water partition coefficient (Wildman–Crippen LogP) is 4.28. The van der Waals surface area contributed by atoms with Gasteiger partial charge in [-0.1, -0.05) is 0 Å². The number of benzene rings is 3. The van der Waals surface area contributed by atoms with Gasteiger partial charge in [0.05, 0.1) is 24.8 Å². The van der Waals surface area contributed by atoms with E-state index in [9.17, 15) is 17.6 Å². The third-order valence-corrected chi connectivity index (χ3v) is 6.96. The SMILES string of the molecule is COc1ccc(S(=O)(=O)N(CC(=O)Nc2ccc(I)cc2)c2ccc(F)cc2)cc1OC. The number of methoxy groups -OCH3 is 2. The van der Waals surface area contributed by atoms with Crippen LogP contribution in [0, 0.1) is 9.39 Å². The molecule has 0 radical (unpaired) electrons. The van der Waals surface area contributed by atoms with Crippen LogP contribution in [0.25, 0.3) is 0 Å².